The summed E-state index contributed by atoms with van der Waals surface area (Å²) in [5.41, 5.74) is 8.65. The van der Waals surface area contributed by atoms with Crippen LogP contribution in [0.15, 0.2) is 54.7 Å². The highest BCUT2D eigenvalue weighted by Crippen LogP contribution is 2.23. The Labute approximate surface area is 167 Å². The van der Waals surface area contributed by atoms with Crippen LogP contribution in [0, 0.1) is 0 Å². The van der Waals surface area contributed by atoms with E-state index in [0.717, 1.165) is 17.0 Å². The summed E-state index contributed by atoms with van der Waals surface area (Å²) < 4.78 is 8.78. The lowest BCUT2D eigenvalue weighted by Gasteiger charge is -2.01. The molecule has 0 atom stereocenters. The number of rotatable bonds is 5. The van der Waals surface area contributed by atoms with Gasteiger partial charge in [0.2, 0.25) is 0 Å². The smallest absolute Gasteiger partial charge is 0.355 e. The lowest BCUT2D eigenvalue weighted by atomic mass is 10.1. The molecule has 0 saturated carbocycles. The normalized spacial score (nSPS) is 10.3. The number of halogens is 2. The second kappa shape index (κ2) is 8.38. The molecule has 0 saturated heterocycles. The van der Waals surface area contributed by atoms with E-state index in [4.69, 9.17) is 22.1 Å². The quantitative estimate of drug-likeness (QED) is 0.456. The molecule has 0 aliphatic heterocycles. The molecule has 2 aromatic carbocycles. The van der Waals surface area contributed by atoms with Crippen molar-refractivity contribution < 1.29 is 31.1 Å². The first kappa shape index (κ1) is 20.0. The first-order chi connectivity index (χ1) is 12.0. The van der Waals surface area contributed by atoms with Crippen molar-refractivity contribution in [2.24, 2.45) is 7.05 Å². The molecule has 1 aromatic heterocycles. The van der Waals surface area contributed by atoms with Crippen LogP contribution in [0.4, 0.5) is 5.95 Å². The summed E-state index contributed by atoms with van der Waals surface area (Å²) in [6.07, 6.45) is 1.87. The number of ketones is 1. The fourth-order valence-electron chi connectivity index (χ4n) is 2.68. The van der Waals surface area contributed by atoms with Gasteiger partial charge in [-0.3, -0.25) is 10.5 Å². The first-order valence-electron chi connectivity index (χ1n) is 7.77. The van der Waals surface area contributed by atoms with E-state index in [-0.39, 0.29) is 29.3 Å². The van der Waals surface area contributed by atoms with Crippen LogP contribution in [0.1, 0.15) is 10.4 Å². The molecule has 26 heavy (non-hydrogen) atoms. The second-order valence-corrected chi connectivity index (χ2v) is 6.16. The maximum absolute atomic E-state index is 12.5. The molecule has 3 aromatic rings. The van der Waals surface area contributed by atoms with Gasteiger partial charge in [0, 0.05) is 16.1 Å². The molecule has 0 fully saturated rings. The van der Waals surface area contributed by atoms with E-state index in [1.54, 1.807) is 35.9 Å². The van der Waals surface area contributed by atoms with Gasteiger partial charge in [-0.25, -0.2) is 9.13 Å². The standard InChI is InChI=1S/C19H18ClN3O2.BrH/c1-22-17(13-6-8-16(25-2)9-7-13)11-23(19(22)21)12-18(24)14-4-3-5-15(20)10-14;/h3-11,21H,12H2,1-2H3;1H. The van der Waals surface area contributed by atoms with Crippen LogP contribution in [-0.2, 0) is 13.6 Å². The summed E-state index contributed by atoms with van der Waals surface area (Å²) >= 11 is 5.96. The molecule has 0 aliphatic carbocycles. The third-order valence-corrected chi connectivity index (χ3v) is 4.36. The summed E-state index contributed by atoms with van der Waals surface area (Å²) in [6.45, 7) is 0.149. The van der Waals surface area contributed by atoms with Gasteiger partial charge in [0.1, 0.15) is 24.2 Å². The molecule has 0 aliphatic rings. The fourth-order valence-corrected chi connectivity index (χ4v) is 2.87. The van der Waals surface area contributed by atoms with Crippen molar-refractivity contribution in [3.8, 4) is 17.0 Å². The van der Waals surface area contributed by atoms with Gasteiger partial charge in [-0.15, -0.1) is 0 Å². The van der Waals surface area contributed by atoms with Crippen molar-refractivity contribution in [3.05, 3.63) is 65.3 Å². The number of methoxy groups -OCH3 is 1. The molecule has 0 bridgehead atoms. The topological polar surface area (TPSA) is 61.1 Å². The van der Waals surface area contributed by atoms with Gasteiger partial charge in [0.05, 0.1) is 14.2 Å². The third kappa shape index (κ3) is 4.08. The van der Waals surface area contributed by atoms with Crippen LogP contribution in [0.25, 0.3) is 11.3 Å². The zero-order valence-electron chi connectivity index (χ0n) is 14.4. The van der Waals surface area contributed by atoms with Gasteiger partial charge in [-0.05, 0) is 36.4 Å². The second-order valence-electron chi connectivity index (χ2n) is 5.72. The number of benzene rings is 2. The van der Waals surface area contributed by atoms with Crippen molar-refractivity contribution in [2.45, 2.75) is 6.54 Å². The summed E-state index contributed by atoms with van der Waals surface area (Å²) in [5, 5.41) is 0.538. The Bertz CT molecular complexity index is 923. The number of Topliss-reactive ketones (excluding diaryl/α,β-unsaturated/α-hetero) is 1. The number of carbonyl (C=O) groups is 1. The molecule has 0 amide bonds. The molecule has 7 heteroatoms. The van der Waals surface area contributed by atoms with Gasteiger partial charge < -0.3 is 21.7 Å². The van der Waals surface area contributed by atoms with Crippen molar-refractivity contribution in [2.75, 3.05) is 12.8 Å². The number of imidazole rings is 1. The minimum absolute atomic E-state index is 0. The monoisotopic (exact) mass is 435 g/mol. The number of aromatic nitrogens is 2. The molecule has 5 nitrogen and oxygen atoms in total. The maximum atomic E-state index is 12.5. The third-order valence-electron chi connectivity index (χ3n) is 4.12. The van der Waals surface area contributed by atoms with E-state index in [9.17, 15) is 4.79 Å². The highest BCUT2D eigenvalue weighted by atomic mass is 79.9. The lowest BCUT2D eigenvalue weighted by molar-refractivity contribution is -0.667. The number of nitrogens with two attached hydrogens (primary N) is 1. The lowest BCUT2D eigenvalue weighted by Crippen LogP contribution is -3.00. The van der Waals surface area contributed by atoms with Gasteiger partial charge in [0.15, 0.2) is 5.78 Å². The Hall–Kier alpha value is -2.31. The van der Waals surface area contributed by atoms with Crippen molar-refractivity contribution in [3.63, 3.8) is 0 Å². The van der Waals surface area contributed by atoms with Crippen LogP contribution in [0.2, 0.25) is 5.02 Å². The number of ether oxygens (including phenoxy) is 1. The minimum atomic E-state index is -0.0499. The molecular weight excluding hydrogens is 418 g/mol. The predicted octanol–water partition coefficient (Wildman–Crippen LogP) is 0.111. The van der Waals surface area contributed by atoms with E-state index in [2.05, 4.69) is 0 Å². The summed E-state index contributed by atoms with van der Waals surface area (Å²) in [7, 11) is 3.50. The SMILES string of the molecule is COc1ccc(-c2c[n+](CC(=O)c3cccc(Cl)c3)c(N)n2C)cc1.[Br-]. The predicted molar refractivity (Wildman–Crippen MR) is 97.8 cm³/mol. The summed E-state index contributed by atoms with van der Waals surface area (Å²) in [4.78, 5) is 12.5. The van der Waals surface area contributed by atoms with E-state index in [1.165, 1.54) is 0 Å². The number of nitrogens with zero attached hydrogens (tertiary/aromatic N) is 2. The number of carbonyl (C=O) groups excluding carboxylic acids is 1. The fraction of sp³-hybridized carbons (Fsp3) is 0.158. The zero-order valence-corrected chi connectivity index (χ0v) is 16.8. The molecule has 3 rings (SSSR count). The Kier molecular flexibility index (Phi) is 6.45. The van der Waals surface area contributed by atoms with Crippen LogP contribution < -0.4 is 32.0 Å². The molecule has 1 heterocycles. The summed E-state index contributed by atoms with van der Waals surface area (Å²) in [6, 6.07) is 14.6. The number of hydrogen-bond acceptors (Lipinski definition) is 3. The number of nitrogen functional groups attached to an aromatic ring is 1. The maximum Gasteiger partial charge on any atom is 0.355 e. The van der Waals surface area contributed by atoms with Crippen LogP contribution in [-0.4, -0.2) is 17.5 Å². The van der Waals surface area contributed by atoms with Gasteiger partial charge in [0.25, 0.3) is 0 Å². The van der Waals surface area contributed by atoms with E-state index >= 15 is 0 Å². The number of anilines is 1. The molecule has 2 N–H and O–H groups in total. The summed E-state index contributed by atoms with van der Waals surface area (Å²) in [5.74, 6) is 1.24. The Balaban J connectivity index is 0.00000243. The first-order valence-corrected chi connectivity index (χ1v) is 8.15. The average Bonchev–Trinajstić information content (AvgIpc) is 2.90. The highest BCUT2D eigenvalue weighted by molar-refractivity contribution is 6.30. The Morgan fingerprint density at radius 1 is 1.23 bits per heavy atom. The van der Waals surface area contributed by atoms with Crippen molar-refractivity contribution in [1.82, 2.24) is 4.57 Å². The van der Waals surface area contributed by atoms with Crippen LogP contribution in [0.3, 0.4) is 0 Å². The van der Waals surface area contributed by atoms with Crippen LogP contribution in [0.5, 0.6) is 5.75 Å². The van der Waals surface area contributed by atoms with Crippen molar-refractivity contribution in [1.29, 1.82) is 0 Å². The van der Waals surface area contributed by atoms with Crippen LogP contribution >= 0.6 is 11.6 Å². The van der Waals surface area contributed by atoms with E-state index in [1.807, 2.05) is 42.1 Å². The van der Waals surface area contributed by atoms with Gasteiger partial charge >= 0.3 is 5.95 Å². The Morgan fingerprint density at radius 2 is 1.92 bits per heavy atom. The van der Waals surface area contributed by atoms with Crippen molar-refractivity contribution >= 4 is 23.3 Å². The highest BCUT2D eigenvalue weighted by Gasteiger charge is 2.20. The zero-order chi connectivity index (χ0) is 18.0. The van der Waals surface area contributed by atoms with Gasteiger partial charge in [-0.2, -0.15) is 0 Å². The van der Waals surface area contributed by atoms with Gasteiger partial charge in [-0.1, -0.05) is 23.7 Å². The molecule has 0 unspecified atom stereocenters. The number of hydrogen-bond donors (Lipinski definition) is 1. The average molecular weight is 437 g/mol. The largest absolute Gasteiger partial charge is 1.00 e. The Morgan fingerprint density at radius 3 is 2.54 bits per heavy atom. The van der Waals surface area contributed by atoms with E-state index in [0.29, 0.717) is 16.5 Å². The van der Waals surface area contributed by atoms with E-state index < -0.39 is 0 Å². The minimum Gasteiger partial charge on any atom is -1.00 e. The molecule has 0 spiro atoms. The molecule has 136 valence electrons. The molecule has 0 radical (unpaired) electrons. The molecular formula is C19H19BrClN3O2.